The van der Waals surface area contributed by atoms with E-state index in [9.17, 15) is 0 Å². The average Bonchev–Trinajstić information content (AvgIpc) is 3.09. The third kappa shape index (κ3) is 4.32. The fraction of sp³-hybridized carbons (Fsp3) is 0.765. The molecule has 1 aromatic rings. The van der Waals surface area contributed by atoms with Crippen LogP contribution in [0.3, 0.4) is 0 Å². The number of nitrogens with one attached hydrogen (secondary N) is 1. The Labute approximate surface area is 134 Å². The summed E-state index contributed by atoms with van der Waals surface area (Å²) >= 11 is 0. The molecule has 5 nitrogen and oxygen atoms in total. The highest BCUT2D eigenvalue weighted by molar-refractivity contribution is 5.48. The first kappa shape index (κ1) is 15.5. The lowest BCUT2D eigenvalue weighted by Gasteiger charge is -2.29. The molecule has 2 aliphatic rings. The molecule has 3 rings (SSSR count). The van der Waals surface area contributed by atoms with E-state index in [1.54, 1.807) is 6.33 Å². The maximum atomic E-state index is 4.41. The van der Waals surface area contributed by atoms with Gasteiger partial charge in [0.1, 0.15) is 18.0 Å². The number of hydrogen-bond donors (Lipinski definition) is 1. The molecule has 0 bridgehead atoms. The molecule has 3 heterocycles. The van der Waals surface area contributed by atoms with E-state index in [2.05, 4.69) is 38.1 Å². The van der Waals surface area contributed by atoms with Crippen LogP contribution in [0.2, 0.25) is 0 Å². The van der Waals surface area contributed by atoms with Crippen molar-refractivity contribution in [2.24, 2.45) is 5.92 Å². The average molecular weight is 303 g/mol. The molecule has 22 heavy (non-hydrogen) atoms. The highest BCUT2D eigenvalue weighted by Crippen LogP contribution is 2.19. The van der Waals surface area contributed by atoms with Gasteiger partial charge in [0, 0.05) is 32.2 Å². The van der Waals surface area contributed by atoms with Gasteiger partial charge in [0.15, 0.2) is 0 Å². The number of piperidine rings is 1. The van der Waals surface area contributed by atoms with Crippen molar-refractivity contribution in [3.8, 4) is 0 Å². The summed E-state index contributed by atoms with van der Waals surface area (Å²) in [5.74, 6) is 2.67. The van der Waals surface area contributed by atoms with Crippen molar-refractivity contribution in [2.45, 2.75) is 39.0 Å². The molecule has 1 unspecified atom stereocenters. The molecule has 0 aliphatic carbocycles. The predicted octanol–water partition coefficient (Wildman–Crippen LogP) is 2.61. The summed E-state index contributed by atoms with van der Waals surface area (Å²) < 4.78 is 0. The monoisotopic (exact) mass is 303 g/mol. The molecule has 2 fully saturated rings. The van der Waals surface area contributed by atoms with Gasteiger partial charge in [-0.1, -0.05) is 13.3 Å². The quantitative estimate of drug-likeness (QED) is 0.875. The molecule has 5 heteroatoms. The maximum absolute atomic E-state index is 4.41. The smallest absolute Gasteiger partial charge is 0.134 e. The first-order valence-electron chi connectivity index (χ1n) is 8.84. The van der Waals surface area contributed by atoms with Crippen LogP contribution in [0, 0.1) is 5.92 Å². The number of likely N-dealkylation sites (tertiary alicyclic amines) is 1. The Morgan fingerprint density at radius 2 is 1.77 bits per heavy atom. The molecule has 0 aromatic carbocycles. The van der Waals surface area contributed by atoms with Gasteiger partial charge in [0.2, 0.25) is 0 Å². The summed E-state index contributed by atoms with van der Waals surface area (Å²) in [6, 6.07) is 2.10. The Hall–Kier alpha value is -1.36. The van der Waals surface area contributed by atoms with Gasteiger partial charge in [-0.25, -0.2) is 9.97 Å². The second-order valence-corrected chi connectivity index (χ2v) is 6.80. The third-order valence-corrected chi connectivity index (χ3v) is 4.73. The molecule has 0 radical (unpaired) electrons. The van der Waals surface area contributed by atoms with Crippen LogP contribution in [0.1, 0.15) is 39.0 Å². The van der Waals surface area contributed by atoms with E-state index in [0.29, 0.717) is 5.92 Å². The number of rotatable bonds is 6. The maximum Gasteiger partial charge on any atom is 0.134 e. The van der Waals surface area contributed by atoms with E-state index in [4.69, 9.17) is 0 Å². The zero-order chi connectivity index (χ0) is 15.2. The lowest BCUT2D eigenvalue weighted by Crippen LogP contribution is -2.35. The van der Waals surface area contributed by atoms with Crippen LogP contribution in [0.4, 0.5) is 11.6 Å². The highest BCUT2D eigenvalue weighted by Gasteiger charge is 2.15. The zero-order valence-electron chi connectivity index (χ0n) is 13.8. The van der Waals surface area contributed by atoms with Gasteiger partial charge in [-0.15, -0.1) is 0 Å². The summed E-state index contributed by atoms with van der Waals surface area (Å²) in [4.78, 5) is 13.7. The topological polar surface area (TPSA) is 44.3 Å². The first-order chi connectivity index (χ1) is 10.8. The molecular weight excluding hydrogens is 274 g/mol. The fourth-order valence-corrected chi connectivity index (χ4v) is 3.49. The standard InChI is InChI=1S/C17H29N5/c1-15(13-21-7-3-2-4-8-21)12-18-16-11-17(20-14-19-16)22-9-5-6-10-22/h11,14-15H,2-10,12-13H2,1H3,(H,18,19,20). The predicted molar refractivity (Wildman–Crippen MR) is 91.4 cm³/mol. The number of hydrogen-bond acceptors (Lipinski definition) is 5. The normalized spacial score (nSPS) is 21.0. The second kappa shape index (κ2) is 7.77. The Kier molecular flexibility index (Phi) is 5.48. The van der Waals surface area contributed by atoms with Gasteiger partial charge in [-0.2, -0.15) is 0 Å². The van der Waals surface area contributed by atoms with Crippen LogP contribution in [0.15, 0.2) is 12.4 Å². The largest absolute Gasteiger partial charge is 0.370 e. The summed E-state index contributed by atoms with van der Waals surface area (Å²) in [6.07, 6.45) is 8.38. The van der Waals surface area contributed by atoms with Crippen LogP contribution in [-0.4, -0.2) is 54.1 Å². The molecule has 2 aliphatic heterocycles. The molecule has 122 valence electrons. The van der Waals surface area contributed by atoms with Crippen molar-refractivity contribution in [3.05, 3.63) is 12.4 Å². The van der Waals surface area contributed by atoms with E-state index in [-0.39, 0.29) is 0 Å². The highest BCUT2D eigenvalue weighted by atomic mass is 15.2. The molecule has 1 N–H and O–H groups in total. The van der Waals surface area contributed by atoms with Crippen molar-refractivity contribution >= 4 is 11.6 Å². The molecule has 0 saturated carbocycles. The van der Waals surface area contributed by atoms with Crippen LogP contribution in [0.25, 0.3) is 0 Å². The minimum absolute atomic E-state index is 0.642. The Bertz CT molecular complexity index is 452. The molecular formula is C17H29N5. The third-order valence-electron chi connectivity index (χ3n) is 4.73. The lowest BCUT2D eigenvalue weighted by molar-refractivity contribution is 0.204. The molecule has 0 spiro atoms. The van der Waals surface area contributed by atoms with Crippen molar-refractivity contribution < 1.29 is 0 Å². The molecule has 0 amide bonds. The van der Waals surface area contributed by atoms with Gasteiger partial charge < -0.3 is 15.1 Å². The van der Waals surface area contributed by atoms with Gasteiger partial charge in [0.05, 0.1) is 0 Å². The van der Waals surface area contributed by atoms with Crippen molar-refractivity contribution in [1.82, 2.24) is 14.9 Å². The number of nitrogens with zero attached hydrogens (tertiary/aromatic N) is 4. The number of aromatic nitrogens is 2. The van der Waals surface area contributed by atoms with Crippen LogP contribution in [-0.2, 0) is 0 Å². The minimum Gasteiger partial charge on any atom is -0.370 e. The van der Waals surface area contributed by atoms with Gasteiger partial charge in [-0.3, -0.25) is 0 Å². The minimum atomic E-state index is 0.642. The van der Waals surface area contributed by atoms with E-state index in [0.717, 1.165) is 31.3 Å². The van der Waals surface area contributed by atoms with Crippen LogP contribution in [0.5, 0.6) is 0 Å². The molecule has 1 aromatic heterocycles. The lowest BCUT2D eigenvalue weighted by atomic mass is 10.1. The van der Waals surface area contributed by atoms with Gasteiger partial charge >= 0.3 is 0 Å². The van der Waals surface area contributed by atoms with Gasteiger partial charge in [0.25, 0.3) is 0 Å². The molecule has 1 atom stereocenters. The second-order valence-electron chi connectivity index (χ2n) is 6.80. The van der Waals surface area contributed by atoms with E-state index >= 15 is 0 Å². The summed E-state index contributed by atoms with van der Waals surface area (Å²) in [5.41, 5.74) is 0. The summed E-state index contributed by atoms with van der Waals surface area (Å²) in [7, 11) is 0. The Morgan fingerprint density at radius 1 is 1.05 bits per heavy atom. The SMILES string of the molecule is CC(CNc1cc(N2CCCC2)ncn1)CN1CCCCC1. The van der Waals surface area contributed by atoms with E-state index in [1.165, 1.54) is 51.7 Å². The van der Waals surface area contributed by atoms with Crippen LogP contribution >= 0.6 is 0 Å². The Morgan fingerprint density at radius 3 is 2.55 bits per heavy atom. The van der Waals surface area contributed by atoms with Crippen molar-refractivity contribution in [1.29, 1.82) is 0 Å². The van der Waals surface area contributed by atoms with Gasteiger partial charge in [-0.05, 0) is 44.7 Å². The first-order valence-corrected chi connectivity index (χ1v) is 8.84. The van der Waals surface area contributed by atoms with Crippen molar-refractivity contribution in [3.63, 3.8) is 0 Å². The van der Waals surface area contributed by atoms with E-state index < -0.39 is 0 Å². The summed E-state index contributed by atoms with van der Waals surface area (Å²) in [6.45, 7) is 9.30. The van der Waals surface area contributed by atoms with E-state index in [1.807, 2.05) is 0 Å². The summed E-state index contributed by atoms with van der Waals surface area (Å²) in [5, 5.41) is 3.49. The Balaban J connectivity index is 1.47. The molecule has 2 saturated heterocycles. The fourth-order valence-electron chi connectivity index (χ4n) is 3.49. The number of anilines is 2. The van der Waals surface area contributed by atoms with Crippen LogP contribution < -0.4 is 10.2 Å². The van der Waals surface area contributed by atoms with Crippen molar-refractivity contribution in [2.75, 3.05) is 49.5 Å². The zero-order valence-corrected chi connectivity index (χ0v) is 13.8.